The Balaban J connectivity index is 1.36. The first-order valence-electron chi connectivity index (χ1n) is 12.5. The Morgan fingerprint density at radius 1 is 1.18 bits per heavy atom. The van der Waals surface area contributed by atoms with E-state index in [1.165, 1.54) is 12.1 Å². The number of fused-ring (bicyclic) bond motifs is 5. The van der Waals surface area contributed by atoms with Gasteiger partial charge in [-0.05, 0) is 35.6 Å². The summed E-state index contributed by atoms with van der Waals surface area (Å²) in [6, 6.07) is 4.88. The van der Waals surface area contributed by atoms with Gasteiger partial charge in [-0.15, -0.1) is 11.3 Å². The fourth-order valence-corrected chi connectivity index (χ4v) is 7.36. The lowest BCUT2D eigenvalue weighted by Crippen LogP contribution is -2.43. The second-order valence-corrected chi connectivity index (χ2v) is 11.6. The minimum absolute atomic E-state index is 0.0670. The number of nitrogen functional groups attached to an aromatic ring is 1. The molecule has 0 spiro atoms. The van der Waals surface area contributed by atoms with Crippen LogP contribution in [0.1, 0.15) is 29.5 Å². The number of anilines is 1. The number of nitriles is 1. The maximum Gasteiger partial charge on any atom is 0.317 e. The molecule has 196 valence electrons. The van der Waals surface area contributed by atoms with Crippen molar-refractivity contribution in [3.8, 4) is 23.2 Å². The van der Waals surface area contributed by atoms with Crippen LogP contribution in [0.25, 0.3) is 32.1 Å². The van der Waals surface area contributed by atoms with Crippen molar-refractivity contribution in [3.05, 3.63) is 71.0 Å². The third kappa shape index (κ3) is 3.50. The molecule has 0 atom stereocenters. The van der Waals surface area contributed by atoms with Gasteiger partial charge < -0.3 is 15.2 Å². The molecule has 0 bridgehead atoms. The van der Waals surface area contributed by atoms with Crippen molar-refractivity contribution >= 4 is 37.3 Å². The zero-order valence-corrected chi connectivity index (χ0v) is 21.8. The highest BCUT2D eigenvalue weighted by atomic mass is 32.1. The van der Waals surface area contributed by atoms with Crippen LogP contribution in [-0.4, -0.2) is 40.1 Å². The average molecular weight is 544 g/mol. The summed E-state index contributed by atoms with van der Waals surface area (Å²) >= 11 is 0.974. The molecule has 7 nitrogen and oxygen atoms in total. The molecule has 0 unspecified atom stereocenters. The molecule has 7 rings (SSSR count). The van der Waals surface area contributed by atoms with Crippen molar-refractivity contribution in [2.24, 2.45) is 0 Å². The Hall–Kier alpha value is -3.91. The topological polar surface area (TPSA) is 97.3 Å². The number of rotatable bonds is 4. The molecule has 2 fully saturated rings. The van der Waals surface area contributed by atoms with E-state index < -0.39 is 11.6 Å². The molecule has 3 aliphatic rings. The van der Waals surface area contributed by atoms with Crippen molar-refractivity contribution < 1.29 is 18.3 Å². The van der Waals surface area contributed by atoms with Gasteiger partial charge in [0.2, 0.25) is 0 Å². The standard InChI is InChI=1S/C29H23F2N5O2S/c1-14-5-29(6-15(2)10-36(29)9-14)13-38-28-34-8-18-19-11-37-12-20(19)22(24(31)25(18)35-28)16-3-4-21(30)26-23(16)17(7-32)27(33)39-26/h3-4,8H,1-2,5-6,9-13,33H2. The Bertz CT molecular complexity index is 1790. The van der Waals surface area contributed by atoms with Crippen LogP contribution in [0.15, 0.2) is 42.6 Å². The number of hydrogen-bond acceptors (Lipinski definition) is 8. The first-order valence-corrected chi connectivity index (χ1v) is 13.3. The third-order valence-electron chi connectivity index (χ3n) is 8.01. The summed E-state index contributed by atoms with van der Waals surface area (Å²) in [5.74, 6) is -1.12. The quantitative estimate of drug-likeness (QED) is 0.334. The Kier molecular flexibility index (Phi) is 5.29. The molecule has 0 amide bonds. The van der Waals surface area contributed by atoms with E-state index in [2.05, 4.69) is 34.1 Å². The summed E-state index contributed by atoms with van der Waals surface area (Å²) in [5.41, 5.74) is 10.3. The van der Waals surface area contributed by atoms with Crippen LogP contribution in [-0.2, 0) is 18.0 Å². The highest BCUT2D eigenvalue weighted by Crippen LogP contribution is 2.46. The van der Waals surface area contributed by atoms with Crippen LogP contribution in [0.3, 0.4) is 0 Å². The molecule has 0 radical (unpaired) electrons. The molecule has 2 N–H and O–H groups in total. The number of halogens is 2. The number of thiophene rings is 1. The lowest BCUT2D eigenvalue weighted by molar-refractivity contribution is 0.108. The number of aromatic nitrogens is 2. The van der Waals surface area contributed by atoms with Crippen molar-refractivity contribution in [1.82, 2.24) is 14.9 Å². The summed E-state index contributed by atoms with van der Waals surface area (Å²) in [6.07, 6.45) is 3.17. The summed E-state index contributed by atoms with van der Waals surface area (Å²) < 4.78 is 43.2. The largest absolute Gasteiger partial charge is 0.461 e. The first kappa shape index (κ1) is 24.2. The van der Waals surface area contributed by atoms with E-state index >= 15 is 4.39 Å². The number of ether oxygens (including phenoxy) is 2. The third-order valence-corrected chi connectivity index (χ3v) is 9.03. The molecule has 39 heavy (non-hydrogen) atoms. The van der Waals surface area contributed by atoms with E-state index in [0.29, 0.717) is 28.5 Å². The van der Waals surface area contributed by atoms with Gasteiger partial charge in [0, 0.05) is 35.6 Å². The maximum absolute atomic E-state index is 16.5. The monoisotopic (exact) mass is 543 g/mol. The van der Waals surface area contributed by atoms with Gasteiger partial charge in [-0.3, -0.25) is 4.90 Å². The van der Waals surface area contributed by atoms with Crippen LogP contribution in [0, 0.1) is 23.0 Å². The van der Waals surface area contributed by atoms with E-state index in [9.17, 15) is 9.65 Å². The smallest absolute Gasteiger partial charge is 0.317 e. The fraction of sp³-hybridized carbons (Fsp3) is 0.276. The van der Waals surface area contributed by atoms with Crippen LogP contribution >= 0.6 is 11.3 Å². The van der Waals surface area contributed by atoms with Gasteiger partial charge in [-0.1, -0.05) is 30.4 Å². The van der Waals surface area contributed by atoms with E-state index in [4.69, 9.17) is 15.2 Å². The lowest BCUT2D eigenvalue weighted by Gasteiger charge is -2.30. The number of hydrogen-bond donors (Lipinski definition) is 1. The Morgan fingerprint density at radius 3 is 2.67 bits per heavy atom. The van der Waals surface area contributed by atoms with Gasteiger partial charge in [-0.25, -0.2) is 13.8 Å². The minimum atomic E-state index is -0.605. The van der Waals surface area contributed by atoms with Crippen molar-refractivity contribution in [3.63, 3.8) is 0 Å². The molecule has 2 aromatic carbocycles. The molecule has 4 aromatic rings. The molecule has 5 heterocycles. The molecule has 10 heteroatoms. The molecular formula is C29H23F2N5O2S. The molecule has 2 aromatic heterocycles. The van der Waals surface area contributed by atoms with Gasteiger partial charge in [-0.2, -0.15) is 10.2 Å². The lowest BCUT2D eigenvalue weighted by atomic mass is 9.91. The maximum atomic E-state index is 16.5. The number of nitrogens with two attached hydrogens (primary N) is 1. The summed E-state index contributed by atoms with van der Waals surface area (Å²) in [4.78, 5) is 11.2. The summed E-state index contributed by atoms with van der Waals surface area (Å²) in [5, 5.41) is 10.8. The second-order valence-electron chi connectivity index (χ2n) is 10.5. The second kappa shape index (κ2) is 8.55. The predicted molar refractivity (Wildman–Crippen MR) is 145 cm³/mol. The molecular weight excluding hydrogens is 520 g/mol. The van der Waals surface area contributed by atoms with Crippen LogP contribution in [0.2, 0.25) is 0 Å². The number of benzene rings is 2. The first-order chi connectivity index (χ1) is 18.8. The minimum Gasteiger partial charge on any atom is -0.461 e. The Morgan fingerprint density at radius 2 is 1.92 bits per heavy atom. The molecule has 0 aliphatic carbocycles. The van der Waals surface area contributed by atoms with Crippen molar-refractivity contribution in [1.29, 1.82) is 5.26 Å². The molecule has 3 aliphatic heterocycles. The van der Waals surface area contributed by atoms with Gasteiger partial charge >= 0.3 is 6.01 Å². The zero-order chi connectivity index (χ0) is 27.1. The Labute approximate surface area is 226 Å². The fourth-order valence-electron chi connectivity index (χ4n) is 6.41. The number of nitrogens with zero attached hydrogens (tertiary/aromatic N) is 4. The van der Waals surface area contributed by atoms with E-state index in [1.54, 1.807) is 6.20 Å². The SMILES string of the molecule is C=C1CN2CC(=C)CC2(COc2ncc3c4c(c(-c5ccc(F)c6sc(N)c(C#N)c56)c(F)c3n2)COC4)C1. The highest BCUT2D eigenvalue weighted by molar-refractivity contribution is 7.23. The predicted octanol–water partition coefficient (Wildman–Crippen LogP) is 5.61. The summed E-state index contributed by atoms with van der Waals surface area (Å²) in [7, 11) is 0. The highest BCUT2D eigenvalue weighted by Gasteiger charge is 2.48. The average Bonchev–Trinajstić information content (AvgIpc) is 3.65. The zero-order valence-electron chi connectivity index (χ0n) is 20.9. The van der Waals surface area contributed by atoms with Crippen LogP contribution < -0.4 is 10.5 Å². The van der Waals surface area contributed by atoms with Gasteiger partial charge in [0.05, 0.1) is 29.0 Å². The normalized spacial score (nSPS) is 18.2. The van der Waals surface area contributed by atoms with E-state index in [1.807, 2.05) is 0 Å². The van der Waals surface area contributed by atoms with E-state index in [-0.39, 0.29) is 51.1 Å². The van der Waals surface area contributed by atoms with Gasteiger partial charge in [0.1, 0.15) is 29.0 Å². The van der Waals surface area contributed by atoms with Crippen LogP contribution in [0.5, 0.6) is 6.01 Å². The van der Waals surface area contributed by atoms with Gasteiger partial charge in [0.25, 0.3) is 0 Å². The van der Waals surface area contributed by atoms with E-state index in [0.717, 1.165) is 54.0 Å². The van der Waals surface area contributed by atoms with Crippen LogP contribution in [0.4, 0.5) is 13.8 Å². The summed E-state index contributed by atoms with van der Waals surface area (Å²) in [6.45, 7) is 10.7. The molecule has 2 saturated heterocycles. The van der Waals surface area contributed by atoms with Crippen molar-refractivity contribution in [2.75, 3.05) is 25.4 Å². The van der Waals surface area contributed by atoms with Gasteiger partial charge in [0.15, 0.2) is 5.82 Å². The van der Waals surface area contributed by atoms with Crippen molar-refractivity contribution in [2.45, 2.75) is 31.6 Å². The molecule has 0 saturated carbocycles.